The Bertz CT molecular complexity index is 1310. The molecule has 10 heteroatoms. The lowest BCUT2D eigenvalue weighted by Gasteiger charge is -2.16. The van der Waals surface area contributed by atoms with Crippen LogP contribution in [0, 0.1) is 5.82 Å². The zero-order valence-electron chi connectivity index (χ0n) is 17.9. The Morgan fingerprint density at radius 3 is 2.35 bits per heavy atom. The van der Waals surface area contributed by atoms with Crippen molar-refractivity contribution in [1.82, 2.24) is 0 Å². The molecule has 0 spiro atoms. The van der Waals surface area contributed by atoms with Crippen LogP contribution in [0.25, 0.3) is 20.5 Å². The molecule has 0 amide bonds. The first kappa shape index (κ1) is 24.6. The van der Waals surface area contributed by atoms with Crippen LogP contribution in [0.1, 0.15) is 12.5 Å². The molecule has 1 heterocycles. The predicted octanol–water partition coefficient (Wildman–Crippen LogP) is 6.06. The van der Waals surface area contributed by atoms with Crippen molar-refractivity contribution in [2.75, 3.05) is 11.9 Å². The molecule has 1 aromatic heterocycles. The Labute approximate surface area is 206 Å². The summed E-state index contributed by atoms with van der Waals surface area (Å²) in [6.07, 6.45) is 0. The number of fused-ring (bicyclic) bond motifs is 1. The Balaban J connectivity index is 1.86. The van der Waals surface area contributed by atoms with Crippen molar-refractivity contribution in [1.29, 1.82) is 0 Å². The highest BCUT2D eigenvalue weighted by molar-refractivity contribution is 9.09. The lowest BCUT2D eigenvalue weighted by atomic mass is 9.80. The Kier molecular flexibility index (Phi) is 7.23. The number of rotatable bonds is 8. The second-order valence-electron chi connectivity index (χ2n) is 7.58. The molecule has 176 valence electrons. The number of hydrogen-bond donors (Lipinski definition) is 2. The van der Waals surface area contributed by atoms with Crippen LogP contribution >= 0.6 is 27.3 Å². The molecule has 3 aromatic carbocycles. The summed E-state index contributed by atoms with van der Waals surface area (Å²) < 4.78 is 55.0. The number of halogens is 4. The summed E-state index contributed by atoms with van der Waals surface area (Å²) >= 11 is 4.44. The van der Waals surface area contributed by atoms with Gasteiger partial charge in [0.05, 0.1) is 11.5 Å². The van der Waals surface area contributed by atoms with Gasteiger partial charge in [-0.05, 0) is 47.9 Å². The Morgan fingerprint density at radius 1 is 1.00 bits per heavy atom. The number of ether oxygens (including phenoxy) is 2. The minimum absolute atomic E-state index is 0.133. The van der Waals surface area contributed by atoms with Crippen LogP contribution in [0.5, 0.6) is 17.2 Å². The van der Waals surface area contributed by atoms with E-state index in [1.807, 2.05) is 0 Å². The molecule has 0 bridgehead atoms. The maximum absolute atomic E-state index is 14.4. The van der Waals surface area contributed by atoms with Gasteiger partial charge in [-0.2, -0.15) is 0 Å². The molecule has 0 radical (unpaired) electrons. The second kappa shape index (κ2) is 9.99. The van der Waals surface area contributed by atoms with Gasteiger partial charge in [-0.25, -0.2) is 13.2 Å². The third-order valence-corrected chi connectivity index (χ3v) is 6.55. The molecule has 4 nitrogen and oxygen atoms in total. The summed E-state index contributed by atoms with van der Waals surface area (Å²) in [5.41, 5.74) is -0.0846. The van der Waals surface area contributed by atoms with E-state index in [0.717, 1.165) is 23.5 Å². The maximum Gasteiger partial charge on any atom is 0.488 e. The van der Waals surface area contributed by atoms with Gasteiger partial charge in [-0.1, -0.05) is 34.1 Å². The van der Waals surface area contributed by atoms with Crippen molar-refractivity contribution < 1.29 is 32.7 Å². The molecule has 0 saturated heterocycles. The topological polar surface area (TPSA) is 58.9 Å². The van der Waals surface area contributed by atoms with Crippen molar-refractivity contribution >= 4 is 49.9 Å². The lowest BCUT2D eigenvalue weighted by Crippen LogP contribution is -2.29. The number of thiophene rings is 1. The van der Waals surface area contributed by atoms with Crippen molar-refractivity contribution in [3.8, 4) is 27.7 Å². The molecule has 0 saturated carbocycles. The fourth-order valence-electron chi connectivity index (χ4n) is 3.48. The summed E-state index contributed by atoms with van der Waals surface area (Å²) in [7, 11) is -1.69. The summed E-state index contributed by atoms with van der Waals surface area (Å²) in [6, 6.07) is 14.8. The lowest BCUT2D eigenvalue weighted by molar-refractivity contribution is 0.0178. The molecule has 34 heavy (non-hydrogen) atoms. The van der Waals surface area contributed by atoms with Gasteiger partial charge in [-0.3, -0.25) is 0 Å². The van der Waals surface area contributed by atoms with E-state index in [0.29, 0.717) is 51.1 Å². The van der Waals surface area contributed by atoms with Gasteiger partial charge in [0, 0.05) is 33.5 Å². The molecule has 0 fully saturated rings. The summed E-state index contributed by atoms with van der Waals surface area (Å²) in [6.45, 7) is 1.21. The average Bonchev–Trinajstić information content (AvgIpc) is 3.15. The van der Waals surface area contributed by atoms with Crippen LogP contribution in [-0.4, -0.2) is 29.1 Å². The minimum Gasteiger partial charge on any atom is -0.493 e. The van der Waals surface area contributed by atoms with E-state index >= 15 is 0 Å². The Morgan fingerprint density at radius 2 is 1.71 bits per heavy atom. The summed E-state index contributed by atoms with van der Waals surface area (Å²) in [5.74, 6) is -2.66. The van der Waals surface area contributed by atoms with Crippen LogP contribution in [0.2, 0.25) is 0 Å². The third kappa shape index (κ3) is 5.25. The van der Waals surface area contributed by atoms with Crippen LogP contribution in [0.15, 0.2) is 60.7 Å². The highest BCUT2D eigenvalue weighted by Gasteiger charge is 2.31. The molecule has 4 aromatic rings. The van der Waals surface area contributed by atoms with Crippen LogP contribution in [0.4, 0.5) is 13.2 Å². The van der Waals surface area contributed by atoms with Gasteiger partial charge in [0.15, 0.2) is 5.75 Å². The molecule has 2 N–H and O–H groups in total. The van der Waals surface area contributed by atoms with Crippen LogP contribution < -0.4 is 14.9 Å². The van der Waals surface area contributed by atoms with E-state index in [9.17, 15) is 23.2 Å². The first-order chi connectivity index (χ1) is 16.2. The van der Waals surface area contributed by atoms with E-state index in [4.69, 9.17) is 9.47 Å². The highest BCUT2D eigenvalue weighted by Crippen LogP contribution is 2.49. The average molecular weight is 551 g/mol. The maximum atomic E-state index is 14.4. The van der Waals surface area contributed by atoms with Crippen molar-refractivity contribution in [3.63, 3.8) is 0 Å². The monoisotopic (exact) mass is 550 g/mol. The van der Waals surface area contributed by atoms with E-state index in [2.05, 4.69) is 15.9 Å². The number of benzene rings is 3. The first-order valence-corrected chi connectivity index (χ1v) is 12.2. The molecule has 4 rings (SSSR count). The van der Waals surface area contributed by atoms with E-state index in [-0.39, 0.29) is 11.0 Å². The molecular formula is C24H19BBrF3O4S. The minimum atomic E-state index is -3.30. The molecular weight excluding hydrogens is 532 g/mol. The molecule has 0 unspecified atom stereocenters. The largest absolute Gasteiger partial charge is 0.493 e. The molecule has 0 atom stereocenters. The second-order valence-corrected chi connectivity index (χ2v) is 9.42. The van der Waals surface area contributed by atoms with Crippen LogP contribution in [0.3, 0.4) is 0 Å². The van der Waals surface area contributed by atoms with Gasteiger partial charge >= 0.3 is 7.12 Å². The van der Waals surface area contributed by atoms with Gasteiger partial charge in [-0.15, -0.1) is 11.3 Å². The fraction of sp³-hybridized carbons (Fsp3) is 0.167. The first-order valence-electron chi connectivity index (χ1n) is 10.2. The highest BCUT2D eigenvalue weighted by atomic mass is 79.9. The van der Waals surface area contributed by atoms with E-state index in [1.54, 1.807) is 36.4 Å². The van der Waals surface area contributed by atoms with Gasteiger partial charge in [0.25, 0.3) is 5.92 Å². The van der Waals surface area contributed by atoms with E-state index < -0.39 is 24.4 Å². The van der Waals surface area contributed by atoms with Crippen molar-refractivity contribution in [3.05, 3.63) is 72.0 Å². The molecule has 0 aliphatic heterocycles. The van der Waals surface area contributed by atoms with E-state index in [1.165, 1.54) is 12.1 Å². The third-order valence-electron chi connectivity index (χ3n) is 5.06. The summed E-state index contributed by atoms with van der Waals surface area (Å²) in [4.78, 5) is 0.371. The SMILES string of the molecule is CC(F)(F)c1cc(F)ccc1-c1sc2cc(B(O)O)ccc2c1Oc1ccc(OCCBr)cc1. The normalized spacial score (nSPS) is 11.6. The predicted molar refractivity (Wildman–Crippen MR) is 132 cm³/mol. The van der Waals surface area contributed by atoms with Crippen LogP contribution in [-0.2, 0) is 5.92 Å². The molecule has 0 aliphatic rings. The van der Waals surface area contributed by atoms with Gasteiger partial charge in [0.1, 0.15) is 17.3 Å². The smallest absolute Gasteiger partial charge is 0.488 e. The molecule has 0 aliphatic carbocycles. The zero-order valence-corrected chi connectivity index (χ0v) is 20.3. The fourth-order valence-corrected chi connectivity index (χ4v) is 4.86. The zero-order chi connectivity index (χ0) is 24.5. The number of hydrogen-bond acceptors (Lipinski definition) is 5. The quantitative estimate of drug-likeness (QED) is 0.207. The van der Waals surface area contributed by atoms with Gasteiger partial charge < -0.3 is 19.5 Å². The van der Waals surface area contributed by atoms with Crippen molar-refractivity contribution in [2.24, 2.45) is 0 Å². The number of alkyl halides is 3. The summed E-state index contributed by atoms with van der Waals surface area (Å²) in [5, 5.41) is 20.4. The van der Waals surface area contributed by atoms with Crippen molar-refractivity contribution in [2.45, 2.75) is 12.8 Å². The standard InChI is InChI=1S/C24H19BBrF3O4S/c1-24(28,29)20-13-15(27)3-9-18(20)23-22(19-8-2-14(25(30)31)12-21(19)34-23)33-17-6-4-16(5-7-17)32-11-10-26/h2-9,12-13,30-31H,10-11H2,1H3. The van der Waals surface area contributed by atoms with Gasteiger partial charge in [0.2, 0.25) is 0 Å². The Hall–Kier alpha value is -2.53.